The molecule has 4 rings (SSSR count). The van der Waals surface area contributed by atoms with Gasteiger partial charge in [0.05, 0.1) is 17.8 Å². The van der Waals surface area contributed by atoms with Gasteiger partial charge in [-0.3, -0.25) is 19.7 Å². The molecule has 8 nitrogen and oxygen atoms in total. The van der Waals surface area contributed by atoms with E-state index in [-0.39, 0.29) is 22.3 Å². The molecular formula is C21H23N3O5. The van der Waals surface area contributed by atoms with Gasteiger partial charge in [-0.15, -0.1) is 5.06 Å². The van der Waals surface area contributed by atoms with Crippen LogP contribution < -0.4 is 4.90 Å². The molecule has 8 heteroatoms. The molecule has 0 bridgehead atoms. The van der Waals surface area contributed by atoms with Crippen molar-refractivity contribution < 1.29 is 24.3 Å². The molecule has 0 spiro atoms. The molecule has 0 saturated carbocycles. The number of anilines is 1. The highest BCUT2D eigenvalue weighted by atomic mass is 16.6. The van der Waals surface area contributed by atoms with Crippen LogP contribution in [0.15, 0.2) is 30.3 Å². The molecule has 152 valence electrons. The van der Waals surface area contributed by atoms with E-state index in [2.05, 4.69) is 0 Å². The molecule has 2 aliphatic rings. The lowest BCUT2D eigenvalue weighted by molar-refractivity contribution is -0.0377. The van der Waals surface area contributed by atoms with Gasteiger partial charge >= 0.3 is 6.09 Å². The number of nitrogens with zero attached hydrogens (tertiary/aromatic N) is 3. The van der Waals surface area contributed by atoms with Crippen LogP contribution in [0.1, 0.15) is 47.9 Å². The van der Waals surface area contributed by atoms with Gasteiger partial charge < -0.3 is 9.64 Å². The number of hydroxylamine groups is 2. The highest BCUT2D eigenvalue weighted by Gasteiger charge is 2.34. The summed E-state index contributed by atoms with van der Waals surface area (Å²) < 4.78 is 5.49. The molecule has 0 atom stereocenters. The van der Waals surface area contributed by atoms with Crippen molar-refractivity contribution in [3.63, 3.8) is 0 Å². The van der Waals surface area contributed by atoms with E-state index in [1.165, 1.54) is 0 Å². The molecule has 2 aromatic carbocycles. The third kappa shape index (κ3) is 3.29. The zero-order valence-electron chi connectivity index (χ0n) is 16.6. The fourth-order valence-corrected chi connectivity index (χ4v) is 3.82. The van der Waals surface area contributed by atoms with Crippen molar-refractivity contribution in [3.8, 4) is 0 Å². The summed E-state index contributed by atoms with van der Waals surface area (Å²) in [6.07, 6.45) is 0.399. The minimum atomic E-state index is -0.737. The molecule has 2 aliphatic heterocycles. The SMILES string of the molecule is CC(C)(C)OC(=O)N1CCCN(c2ccc3c4c(cccc24)C(=O)N(O)C3=O)C1. The summed E-state index contributed by atoms with van der Waals surface area (Å²) in [5, 5.41) is 11.2. The smallest absolute Gasteiger partial charge is 0.411 e. The zero-order valence-corrected chi connectivity index (χ0v) is 16.6. The maximum absolute atomic E-state index is 12.5. The van der Waals surface area contributed by atoms with Crippen LogP contribution in [0.5, 0.6) is 0 Å². The number of hydrogen-bond acceptors (Lipinski definition) is 6. The number of ether oxygens (including phenoxy) is 1. The standard InChI is InChI=1S/C21H23N3O5/c1-21(2,3)29-20(27)23-11-5-10-22(12-23)16-9-8-15-17-13(16)6-4-7-14(17)18(25)24(28)19(15)26/h4,6-9,28H,5,10-12H2,1-3H3. The van der Waals surface area contributed by atoms with Crippen molar-refractivity contribution in [2.24, 2.45) is 0 Å². The third-order valence-corrected chi connectivity index (χ3v) is 5.05. The Labute approximate surface area is 168 Å². The highest BCUT2D eigenvalue weighted by molar-refractivity contribution is 6.26. The number of rotatable bonds is 1. The van der Waals surface area contributed by atoms with Gasteiger partial charge in [0.1, 0.15) is 5.60 Å². The lowest BCUT2D eigenvalue weighted by Gasteiger charge is -2.38. The van der Waals surface area contributed by atoms with Gasteiger partial charge in [-0.1, -0.05) is 12.1 Å². The van der Waals surface area contributed by atoms with E-state index in [0.717, 1.165) is 24.0 Å². The van der Waals surface area contributed by atoms with Crippen molar-refractivity contribution in [1.82, 2.24) is 9.96 Å². The van der Waals surface area contributed by atoms with Crippen LogP contribution in [0.25, 0.3) is 10.8 Å². The number of carbonyl (C=O) groups is 3. The maximum Gasteiger partial charge on any atom is 0.411 e. The van der Waals surface area contributed by atoms with E-state index in [1.54, 1.807) is 29.2 Å². The average Bonchev–Trinajstić information content (AvgIpc) is 2.68. The van der Waals surface area contributed by atoms with Crippen LogP contribution in [0.4, 0.5) is 10.5 Å². The van der Waals surface area contributed by atoms with Gasteiger partial charge in [0.2, 0.25) is 0 Å². The summed E-state index contributed by atoms with van der Waals surface area (Å²) in [4.78, 5) is 40.9. The van der Waals surface area contributed by atoms with Gasteiger partial charge in [0, 0.05) is 29.5 Å². The molecule has 29 heavy (non-hydrogen) atoms. The first-order valence-corrected chi connectivity index (χ1v) is 9.53. The molecule has 0 unspecified atom stereocenters. The second kappa shape index (κ2) is 6.73. The molecule has 0 aromatic heterocycles. The fourth-order valence-electron chi connectivity index (χ4n) is 3.82. The summed E-state index contributed by atoms with van der Waals surface area (Å²) in [6.45, 7) is 7.17. The Morgan fingerprint density at radius 3 is 2.41 bits per heavy atom. The first-order valence-electron chi connectivity index (χ1n) is 9.53. The predicted octanol–water partition coefficient (Wildman–Crippen LogP) is 3.23. The Morgan fingerprint density at radius 2 is 1.72 bits per heavy atom. The Kier molecular flexibility index (Phi) is 4.46. The van der Waals surface area contributed by atoms with Crippen LogP contribution in [-0.2, 0) is 4.74 Å². The quantitative estimate of drug-likeness (QED) is 0.587. The van der Waals surface area contributed by atoms with Gasteiger partial charge in [-0.05, 0) is 45.4 Å². The van der Waals surface area contributed by atoms with E-state index in [4.69, 9.17) is 4.74 Å². The molecular weight excluding hydrogens is 374 g/mol. The third-order valence-electron chi connectivity index (χ3n) is 5.05. The highest BCUT2D eigenvalue weighted by Crippen LogP contribution is 2.36. The average molecular weight is 397 g/mol. The summed E-state index contributed by atoms with van der Waals surface area (Å²) in [5.74, 6) is -1.47. The molecule has 2 aromatic rings. The number of imide groups is 1. The normalized spacial score (nSPS) is 17.2. The molecule has 1 N–H and O–H groups in total. The maximum atomic E-state index is 12.5. The minimum absolute atomic E-state index is 0.155. The number of amides is 3. The Bertz CT molecular complexity index is 1000. The fraction of sp³-hybridized carbons (Fsp3) is 0.381. The van der Waals surface area contributed by atoms with Gasteiger partial charge in [0.15, 0.2) is 0 Å². The van der Waals surface area contributed by atoms with E-state index < -0.39 is 17.4 Å². The van der Waals surface area contributed by atoms with Crippen molar-refractivity contribution in [1.29, 1.82) is 0 Å². The number of benzene rings is 2. The second-order valence-electron chi connectivity index (χ2n) is 8.28. The first kappa shape index (κ1) is 19.2. The van der Waals surface area contributed by atoms with E-state index in [0.29, 0.717) is 18.6 Å². The lowest BCUT2D eigenvalue weighted by Crippen LogP contribution is -2.49. The van der Waals surface area contributed by atoms with E-state index >= 15 is 0 Å². The Balaban J connectivity index is 1.72. The molecule has 2 heterocycles. The van der Waals surface area contributed by atoms with E-state index in [9.17, 15) is 19.6 Å². The van der Waals surface area contributed by atoms with Crippen molar-refractivity contribution >= 4 is 34.4 Å². The molecule has 3 amide bonds. The molecule has 1 saturated heterocycles. The van der Waals surface area contributed by atoms with Crippen molar-refractivity contribution in [2.75, 3.05) is 24.7 Å². The minimum Gasteiger partial charge on any atom is -0.444 e. The van der Waals surface area contributed by atoms with Crippen LogP contribution in [0.3, 0.4) is 0 Å². The number of hydrogen-bond donors (Lipinski definition) is 1. The molecule has 1 fully saturated rings. The summed E-state index contributed by atoms with van der Waals surface area (Å²) in [7, 11) is 0. The topological polar surface area (TPSA) is 90.4 Å². The monoisotopic (exact) mass is 397 g/mol. The molecule has 0 radical (unpaired) electrons. The summed E-state index contributed by atoms with van der Waals surface area (Å²) in [5.41, 5.74) is 0.812. The lowest BCUT2D eigenvalue weighted by atomic mass is 9.93. The van der Waals surface area contributed by atoms with Crippen molar-refractivity contribution in [2.45, 2.75) is 32.8 Å². The van der Waals surface area contributed by atoms with Gasteiger partial charge in [-0.2, -0.15) is 0 Å². The Morgan fingerprint density at radius 1 is 1.03 bits per heavy atom. The summed E-state index contributed by atoms with van der Waals surface area (Å²) in [6, 6.07) is 8.57. The van der Waals surface area contributed by atoms with E-state index in [1.807, 2.05) is 31.7 Å². The van der Waals surface area contributed by atoms with Crippen LogP contribution in [-0.4, -0.2) is 58.4 Å². The van der Waals surface area contributed by atoms with Gasteiger partial charge in [0.25, 0.3) is 11.8 Å². The Hall–Kier alpha value is -3.13. The number of carbonyl (C=O) groups excluding carboxylic acids is 3. The van der Waals surface area contributed by atoms with Crippen LogP contribution >= 0.6 is 0 Å². The zero-order chi connectivity index (χ0) is 20.9. The second-order valence-corrected chi connectivity index (χ2v) is 8.28. The van der Waals surface area contributed by atoms with Crippen molar-refractivity contribution in [3.05, 3.63) is 41.5 Å². The largest absolute Gasteiger partial charge is 0.444 e. The van der Waals surface area contributed by atoms with Gasteiger partial charge in [-0.25, -0.2) is 4.79 Å². The first-order chi connectivity index (χ1) is 13.7. The summed E-state index contributed by atoms with van der Waals surface area (Å²) >= 11 is 0. The predicted molar refractivity (Wildman–Crippen MR) is 106 cm³/mol. The molecule has 0 aliphatic carbocycles. The van der Waals surface area contributed by atoms with Crippen LogP contribution in [0.2, 0.25) is 0 Å². The van der Waals surface area contributed by atoms with Crippen LogP contribution in [0, 0.1) is 0 Å².